The highest BCUT2D eigenvalue weighted by atomic mass is 16.5. The van der Waals surface area contributed by atoms with E-state index in [1.807, 2.05) is 19.1 Å². The molecule has 0 aliphatic heterocycles. The monoisotopic (exact) mass is 253 g/mol. The second-order valence-corrected chi connectivity index (χ2v) is 4.91. The second kappa shape index (κ2) is 7.21. The molecular formula is C14H23NO3. The molecule has 1 aromatic rings. The van der Waals surface area contributed by atoms with Crippen molar-refractivity contribution in [2.75, 3.05) is 20.3 Å². The molecule has 0 saturated carbocycles. The van der Waals surface area contributed by atoms with E-state index in [1.165, 1.54) is 0 Å². The minimum Gasteiger partial charge on any atom is -0.467 e. The Labute approximate surface area is 109 Å². The summed E-state index contributed by atoms with van der Waals surface area (Å²) < 4.78 is 10.7. The minimum absolute atomic E-state index is 0.0439. The van der Waals surface area contributed by atoms with E-state index in [4.69, 9.17) is 9.15 Å². The van der Waals surface area contributed by atoms with Gasteiger partial charge in [0.05, 0.1) is 25.3 Å². The van der Waals surface area contributed by atoms with Gasteiger partial charge in [-0.15, -0.1) is 0 Å². The SMILES string of the molecule is CC(C)COCCC(=O)N(C)C(C)c1ccco1. The van der Waals surface area contributed by atoms with Crippen LogP contribution in [0, 0.1) is 5.92 Å². The molecule has 1 aromatic heterocycles. The molecule has 1 unspecified atom stereocenters. The smallest absolute Gasteiger partial charge is 0.225 e. The summed E-state index contributed by atoms with van der Waals surface area (Å²) in [5, 5.41) is 0. The molecule has 0 saturated heterocycles. The Bertz CT molecular complexity index is 346. The van der Waals surface area contributed by atoms with Gasteiger partial charge in [0.2, 0.25) is 5.91 Å². The molecule has 102 valence electrons. The maximum atomic E-state index is 11.9. The van der Waals surface area contributed by atoms with Gasteiger partial charge in [-0.25, -0.2) is 0 Å². The predicted octanol–water partition coefficient (Wildman–Crippen LogP) is 2.86. The van der Waals surface area contributed by atoms with Gasteiger partial charge in [0.25, 0.3) is 0 Å². The molecule has 0 radical (unpaired) electrons. The van der Waals surface area contributed by atoms with Crippen LogP contribution in [0.15, 0.2) is 22.8 Å². The molecule has 0 aliphatic carbocycles. The van der Waals surface area contributed by atoms with Gasteiger partial charge in [0.15, 0.2) is 0 Å². The summed E-state index contributed by atoms with van der Waals surface area (Å²) in [5.41, 5.74) is 0. The van der Waals surface area contributed by atoms with Crippen molar-refractivity contribution in [3.63, 3.8) is 0 Å². The quantitative estimate of drug-likeness (QED) is 0.702. The Morgan fingerprint density at radius 1 is 1.44 bits per heavy atom. The lowest BCUT2D eigenvalue weighted by molar-refractivity contribution is -0.133. The average molecular weight is 253 g/mol. The molecule has 4 heteroatoms. The largest absolute Gasteiger partial charge is 0.467 e. The Kier molecular flexibility index (Phi) is 5.92. The fourth-order valence-electron chi connectivity index (χ4n) is 1.59. The fourth-order valence-corrected chi connectivity index (χ4v) is 1.59. The molecule has 18 heavy (non-hydrogen) atoms. The fraction of sp³-hybridized carbons (Fsp3) is 0.643. The molecule has 1 amide bonds. The van der Waals surface area contributed by atoms with Gasteiger partial charge in [-0.2, -0.15) is 0 Å². The van der Waals surface area contributed by atoms with Crippen LogP contribution >= 0.6 is 0 Å². The van der Waals surface area contributed by atoms with Crippen LogP contribution in [-0.4, -0.2) is 31.1 Å². The van der Waals surface area contributed by atoms with Crippen LogP contribution in [0.2, 0.25) is 0 Å². The first kappa shape index (κ1) is 14.8. The number of carbonyl (C=O) groups excluding carboxylic acids is 1. The Balaban J connectivity index is 2.33. The molecule has 0 aromatic carbocycles. The van der Waals surface area contributed by atoms with Crippen molar-refractivity contribution in [3.8, 4) is 0 Å². The summed E-state index contributed by atoms with van der Waals surface area (Å²) in [5.74, 6) is 1.37. The van der Waals surface area contributed by atoms with Gasteiger partial charge in [-0.05, 0) is 25.0 Å². The lowest BCUT2D eigenvalue weighted by Crippen LogP contribution is -2.30. The Morgan fingerprint density at radius 3 is 2.72 bits per heavy atom. The molecule has 0 aliphatic rings. The van der Waals surface area contributed by atoms with Crippen LogP contribution in [0.3, 0.4) is 0 Å². The third-order valence-electron chi connectivity index (χ3n) is 2.84. The highest BCUT2D eigenvalue weighted by Gasteiger charge is 2.18. The number of hydrogen-bond acceptors (Lipinski definition) is 3. The molecule has 4 nitrogen and oxygen atoms in total. The summed E-state index contributed by atoms with van der Waals surface area (Å²) in [6.07, 6.45) is 2.03. The molecule has 1 heterocycles. The summed E-state index contributed by atoms with van der Waals surface area (Å²) in [6, 6.07) is 3.66. The summed E-state index contributed by atoms with van der Waals surface area (Å²) in [6.45, 7) is 7.31. The second-order valence-electron chi connectivity index (χ2n) is 4.91. The maximum absolute atomic E-state index is 11.9. The van der Waals surface area contributed by atoms with Gasteiger partial charge in [0, 0.05) is 13.7 Å². The predicted molar refractivity (Wildman–Crippen MR) is 70.2 cm³/mol. The van der Waals surface area contributed by atoms with Crippen LogP contribution in [0.4, 0.5) is 0 Å². The van der Waals surface area contributed by atoms with E-state index in [2.05, 4.69) is 13.8 Å². The summed E-state index contributed by atoms with van der Waals surface area (Å²) >= 11 is 0. The van der Waals surface area contributed by atoms with E-state index in [1.54, 1.807) is 18.2 Å². The highest BCUT2D eigenvalue weighted by Crippen LogP contribution is 2.19. The van der Waals surface area contributed by atoms with Gasteiger partial charge in [-0.1, -0.05) is 13.8 Å². The number of ether oxygens (including phenoxy) is 1. The first-order chi connectivity index (χ1) is 8.52. The summed E-state index contributed by atoms with van der Waals surface area (Å²) in [7, 11) is 1.79. The third-order valence-corrected chi connectivity index (χ3v) is 2.84. The van der Waals surface area contributed by atoms with E-state index in [0.29, 0.717) is 25.6 Å². The van der Waals surface area contributed by atoms with Crippen LogP contribution < -0.4 is 0 Å². The Hall–Kier alpha value is -1.29. The van der Waals surface area contributed by atoms with Crippen molar-refractivity contribution in [3.05, 3.63) is 24.2 Å². The minimum atomic E-state index is -0.0439. The van der Waals surface area contributed by atoms with Crippen molar-refractivity contribution in [2.45, 2.75) is 33.2 Å². The molecule has 0 fully saturated rings. The van der Waals surface area contributed by atoms with Crippen LogP contribution in [0.1, 0.15) is 39.0 Å². The third kappa shape index (κ3) is 4.53. The lowest BCUT2D eigenvalue weighted by atomic mass is 10.2. The molecule has 1 atom stereocenters. The van der Waals surface area contributed by atoms with Gasteiger partial charge >= 0.3 is 0 Å². The number of rotatable bonds is 7. The number of nitrogens with zero attached hydrogens (tertiary/aromatic N) is 1. The first-order valence-corrected chi connectivity index (χ1v) is 6.39. The standard InChI is InChI=1S/C14H23NO3/c1-11(2)10-17-9-7-14(16)15(4)12(3)13-6-5-8-18-13/h5-6,8,11-12H,7,9-10H2,1-4H3. The van der Waals surface area contributed by atoms with Crippen LogP contribution in [0.5, 0.6) is 0 Å². The number of hydrogen-bond donors (Lipinski definition) is 0. The van der Waals surface area contributed by atoms with Crippen molar-refractivity contribution < 1.29 is 13.9 Å². The zero-order valence-corrected chi connectivity index (χ0v) is 11.7. The van der Waals surface area contributed by atoms with Crippen molar-refractivity contribution in [2.24, 2.45) is 5.92 Å². The number of furan rings is 1. The van der Waals surface area contributed by atoms with Gasteiger partial charge < -0.3 is 14.1 Å². The van der Waals surface area contributed by atoms with Crippen LogP contribution in [0.25, 0.3) is 0 Å². The number of amides is 1. The van der Waals surface area contributed by atoms with E-state index >= 15 is 0 Å². The number of carbonyl (C=O) groups is 1. The van der Waals surface area contributed by atoms with Crippen molar-refractivity contribution in [1.29, 1.82) is 0 Å². The Morgan fingerprint density at radius 2 is 2.17 bits per heavy atom. The van der Waals surface area contributed by atoms with Crippen molar-refractivity contribution in [1.82, 2.24) is 4.90 Å². The van der Waals surface area contributed by atoms with E-state index in [-0.39, 0.29) is 11.9 Å². The maximum Gasteiger partial charge on any atom is 0.225 e. The molecule has 0 spiro atoms. The molecule has 0 N–H and O–H groups in total. The zero-order valence-electron chi connectivity index (χ0n) is 11.7. The van der Waals surface area contributed by atoms with E-state index in [9.17, 15) is 4.79 Å². The topological polar surface area (TPSA) is 42.7 Å². The van der Waals surface area contributed by atoms with Gasteiger partial charge in [0.1, 0.15) is 5.76 Å². The normalized spacial score (nSPS) is 12.7. The average Bonchev–Trinajstić information content (AvgIpc) is 2.86. The summed E-state index contributed by atoms with van der Waals surface area (Å²) in [4.78, 5) is 13.6. The van der Waals surface area contributed by atoms with E-state index < -0.39 is 0 Å². The molecular weight excluding hydrogens is 230 g/mol. The molecule has 0 bridgehead atoms. The zero-order chi connectivity index (χ0) is 13.5. The van der Waals surface area contributed by atoms with Crippen molar-refractivity contribution >= 4 is 5.91 Å². The van der Waals surface area contributed by atoms with Gasteiger partial charge in [-0.3, -0.25) is 4.79 Å². The molecule has 1 rings (SSSR count). The van der Waals surface area contributed by atoms with E-state index in [0.717, 1.165) is 5.76 Å². The highest BCUT2D eigenvalue weighted by molar-refractivity contribution is 5.76. The van der Waals surface area contributed by atoms with Crippen LogP contribution in [-0.2, 0) is 9.53 Å². The first-order valence-electron chi connectivity index (χ1n) is 6.39. The lowest BCUT2D eigenvalue weighted by Gasteiger charge is -2.23.